The molecule has 1 aromatic carbocycles. The number of benzene rings is 1. The van der Waals surface area contributed by atoms with Gasteiger partial charge in [-0.3, -0.25) is 4.68 Å². The number of nitrogens with zero attached hydrogens (tertiary/aromatic N) is 4. The molecule has 1 heterocycles. The van der Waals surface area contributed by atoms with Gasteiger partial charge in [-0.05, 0) is 33.2 Å². The van der Waals surface area contributed by atoms with E-state index in [-0.39, 0.29) is 0 Å². The molecule has 0 saturated carbocycles. The Kier molecular flexibility index (Phi) is 5.73. The van der Waals surface area contributed by atoms with Gasteiger partial charge in [0.05, 0.1) is 22.9 Å². The van der Waals surface area contributed by atoms with Crippen LogP contribution in [-0.2, 0) is 13.6 Å². The molecule has 24 heavy (non-hydrogen) atoms. The Morgan fingerprint density at radius 1 is 1.33 bits per heavy atom. The van der Waals surface area contributed by atoms with Crippen LogP contribution in [0.1, 0.15) is 18.1 Å². The van der Waals surface area contributed by atoms with Crippen LogP contribution in [0.3, 0.4) is 0 Å². The molecule has 0 aliphatic heterocycles. The summed E-state index contributed by atoms with van der Waals surface area (Å²) in [4.78, 5) is 1.97. The summed E-state index contributed by atoms with van der Waals surface area (Å²) in [6.07, 6.45) is 1.97. The van der Waals surface area contributed by atoms with Gasteiger partial charge in [0.1, 0.15) is 0 Å². The van der Waals surface area contributed by atoms with E-state index in [9.17, 15) is 5.11 Å². The second-order valence-corrected chi connectivity index (χ2v) is 6.70. The minimum atomic E-state index is -0.791. The summed E-state index contributed by atoms with van der Waals surface area (Å²) < 4.78 is 1.78. The van der Waals surface area contributed by atoms with Gasteiger partial charge in [-0.1, -0.05) is 12.1 Å². The Hall–Kier alpha value is -2.20. The van der Waals surface area contributed by atoms with Crippen molar-refractivity contribution in [2.24, 2.45) is 7.05 Å². The molecule has 0 amide bonds. The van der Waals surface area contributed by atoms with E-state index in [1.54, 1.807) is 16.8 Å². The van der Waals surface area contributed by atoms with Crippen molar-refractivity contribution >= 4 is 0 Å². The zero-order valence-corrected chi connectivity index (χ0v) is 14.7. The van der Waals surface area contributed by atoms with Crippen LogP contribution in [0, 0.1) is 11.3 Å². The molecule has 6 nitrogen and oxygen atoms in total. The molecule has 128 valence electrons. The quantitative estimate of drug-likeness (QED) is 0.803. The van der Waals surface area contributed by atoms with Crippen LogP contribution in [0.5, 0.6) is 0 Å². The average Bonchev–Trinajstić information content (AvgIpc) is 2.86. The van der Waals surface area contributed by atoms with Crippen molar-refractivity contribution in [3.8, 4) is 17.3 Å². The Labute approximate surface area is 143 Å². The van der Waals surface area contributed by atoms with E-state index in [0.29, 0.717) is 25.2 Å². The Morgan fingerprint density at radius 2 is 2.00 bits per heavy atom. The van der Waals surface area contributed by atoms with Crippen LogP contribution in [0.4, 0.5) is 0 Å². The molecule has 0 aliphatic carbocycles. The smallest absolute Gasteiger partial charge is 0.0991 e. The average molecular weight is 327 g/mol. The maximum absolute atomic E-state index is 10.4. The number of aryl methyl sites for hydroxylation is 1. The standard InChI is InChI=1S/C18H25N5O/c1-18(24,13-22(2)3)12-20-10-16-11-23(4)21-17(16)15-7-5-14(9-19)6-8-15/h5-8,11,20,24H,10,12-13H2,1-4H3. The largest absolute Gasteiger partial charge is 0.388 e. The molecule has 1 atom stereocenters. The van der Waals surface area contributed by atoms with E-state index in [1.807, 2.05) is 51.3 Å². The molecule has 1 aromatic heterocycles. The van der Waals surface area contributed by atoms with Crippen molar-refractivity contribution in [2.45, 2.75) is 19.1 Å². The number of hydrogen-bond acceptors (Lipinski definition) is 5. The molecule has 2 aromatic rings. The lowest BCUT2D eigenvalue weighted by Gasteiger charge is -2.27. The van der Waals surface area contributed by atoms with Crippen molar-refractivity contribution in [2.75, 3.05) is 27.2 Å². The summed E-state index contributed by atoms with van der Waals surface area (Å²) in [5.74, 6) is 0. The summed E-state index contributed by atoms with van der Waals surface area (Å²) in [6, 6.07) is 9.53. The third-order valence-electron chi connectivity index (χ3n) is 3.67. The minimum Gasteiger partial charge on any atom is -0.388 e. The van der Waals surface area contributed by atoms with Gasteiger partial charge in [-0.2, -0.15) is 10.4 Å². The van der Waals surface area contributed by atoms with Crippen molar-refractivity contribution in [3.05, 3.63) is 41.6 Å². The predicted molar refractivity (Wildman–Crippen MR) is 94.2 cm³/mol. The fraction of sp³-hybridized carbons (Fsp3) is 0.444. The van der Waals surface area contributed by atoms with Gasteiger partial charge >= 0.3 is 0 Å². The number of aliphatic hydroxyl groups is 1. The molecule has 2 N–H and O–H groups in total. The van der Waals surface area contributed by atoms with E-state index in [1.165, 1.54) is 0 Å². The third kappa shape index (κ3) is 4.90. The van der Waals surface area contributed by atoms with E-state index in [2.05, 4.69) is 16.5 Å². The van der Waals surface area contributed by atoms with Crippen LogP contribution in [0.15, 0.2) is 30.5 Å². The topological polar surface area (TPSA) is 77.1 Å². The van der Waals surface area contributed by atoms with Gasteiger partial charge < -0.3 is 15.3 Å². The third-order valence-corrected chi connectivity index (χ3v) is 3.67. The van der Waals surface area contributed by atoms with Crippen LogP contribution in [0.25, 0.3) is 11.3 Å². The lowest BCUT2D eigenvalue weighted by Crippen LogP contribution is -2.45. The van der Waals surface area contributed by atoms with Gasteiger partial charge in [-0.15, -0.1) is 0 Å². The molecule has 0 radical (unpaired) electrons. The first-order valence-electron chi connectivity index (χ1n) is 7.91. The van der Waals surface area contributed by atoms with Crippen molar-refractivity contribution in [1.82, 2.24) is 20.0 Å². The SMILES string of the molecule is CN(C)CC(C)(O)CNCc1cn(C)nc1-c1ccc(C#N)cc1. The first kappa shape index (κ1) is 18.1. The first-order valence-corrected chi connectivity index (χ1v) is 7.91. The summed E-state index contributed by atoms with van der Waals surface area (Å²) in [6.45, 7) is 3.53. The second kappa shape index (κ2) is 7.58. The Balaban J connectivity index is 2.07. The number of nitriles is 1. The zero-order chi connectivity index (χ0) is 17.7. The Bertz CT molecular complexity index is 710. The van der Waals surface area contributed by atoms with Crippen LogP contribution in [-0.4, -0.2) is 52.6 Å². The van der Waals surface area contributed by atoms with E-state index < -0.39 is 5.60 Å². The maximum atomic E-state index is 10.4. The van der Waals surface area contributed by atoms with Crippen LogP contribution < -0.4 is 5.32 Å². The van der Waals surface area contributed by atoms with E-state index in [4.69, 9.17) is 5.26 Å². The van der Waals surface area contributed by atoms with Gasteiger partial charge in [0.25, 0.3) is 0 Å². The number of rotatable bonds is 7. The van der Waals surface area contributed by atoms with Crippen molar-refractivity contribution in [3.63, 3.8) is 0 Å². The highest BCUT2D eigenvalue weighted by atomic mass is 16.3. The van der Waals surface area contributed by atoms with Gasteiger partial charge in [0.15, 0.2) is 0 Å². The van der Waals surface area contributed by atoms with E-state index in [0.717, 1.165) is 16.8 Å². The minimum absolute atomic E-state index is 0.493. The van der Waals surface area contributed by atoms with Gasteiger partial charge in [0.2, 0.25) is 0 Å². The lowest BCUT2D eigenvalue weighted by atomic mass is 10.1. The van der Waals surface area contributed by atoms with E-state index >= 15 is 0 Å². The predicted octanol–water partition coefficient (Wildman–Crippen LogP) is 1.36. The maximum Gasteiger partial charge on any atom is 0.0991 e. The molecule has 0 fully saturated rings. The summed E-state index contributed by atoms with van der Waals surface area (Å²) >= 11 is 0. The summed E-state index contributed by atoms with van der Waals surface area (Å²) in [5.41, 5.74) is 2.77. The number of aromatic nitrogens is 2. The highest BCUT2D eigenvalue weighted by molar-refractivity contribution is 5.63. The summed E-state index contributed by atoms with van der Waals surface area (Å²) in [5, 5.41) is 27.1. The van der Waals surface area contributed by atoms with Gasteiger partial charge in [0, 0.05) is 44.0 Å². The molecular formula is C18H25N5O. The molecule has 0 spiro atoms. The highest BCUT2D eigenvalue weighted by Gasteiger charge is 2.21. The number of likely N-dealkylation sites (N-methyl/N-ethyl adjacent to an activating group) is 1. The molecule has 6 heteroatoms. The second-order valence-electron chi connectivity index (χ2n) is 6.70. The Morgan fingerprint density at radius 3 is 2.58 bits per heavy atom. The normalized spacial score (nSPS) is 13.7. The fourth-order valence-electron chi connectivity index (χ4n) is 2.82. The zero-order valence-electron chi connectivity index (χ0n) is 14.7. The molecule has 0 saturated heterocycles. The summed E-state index contributed by atoms with van der Waals surface area (Å²) in [7, 11) is 5.77. The van der Waals surface area contributed by atoms with Crippen LogP contribution >= 0.6 is 0 Å². The van der Waals surface area contributed by atoms with Crippen molar-refractivity contribution in [1.29, 1.82) is 5.26 Å². The molecule has 0 aliphatic rings. The lowest BCUT2D eigenvalue weighted by molar-refractivity contribution is 0.0336. The number of hydrogen-bond donors (Lipinski definition) is 2. The molecule has 0 bridgehead atoms. The highest BCUT2D eigenvalue weighted by Crippen LogP contribution is 2.22. The van der Waals surface area contributed by atoms with Gasteiger partial charge in [-0.25, -0.2) is 0 Å². The van der Waals surface area contributed by atoms with Crippen LogP contribution in [0.2, 0.25) is 0 Å². The first-order chi connectivity index (χ1) is 11.3. The van der Waals surface area contributed by atoms with Crippen molar-refractivity contribution < 1.29 is 5.11 Å². The fourth-order valence-corrected chi connectivity index (χ4v) is 2.82. The number of nitrogens with one attached hydrogen (secondary N) is 1. The molecule has 2 rings (SSSR count). The monoisotopic (exact) mass is 327 g/mol. The molecular weight excluding hydrogens is 302 g/mol. The molecule has 1 unspecified atom stereocenters.